The van der Waals surface area contributed by atoms with E-state index in [1.807, 2.05) is 31.4 Å². The van der Waals surface area contributed by atoms with Gasteiger partial charge < -0.3 is 4.57 Å². The first-order valence-corrected chi connectivity index (χ1v) is 11.4. The van der Waals surface area contributed by atoms with E-state index in [1.54, 1.807) is 12.1 Å². The summed E-state index contributed by atoms with van der Waals surface area (Å²) in [7, 11) is -1.49. The molecule has 1 atom stereocenters. The standard InChI is InChI=1S/C21H31N3O2S/c1-3-18-10-12-19(13-11-18)27(25,26)22-17-21(20-9-8-14-23(20)2)24-15-6-4-5-7-16-24/h8-14,21-22H,3-7,15-17H2,1-2H3. The highest BCUT2D eigenvalue weighted by Crippen LogP contribution is 2.24. The van der Waals surface area contributed by atoms with Crippen molar-refractivity contribution < 1.29 is 8.42 Å². The molecule has 1 saturated heterocycles. The zero-order chi connectivity index (χ0) is 19.3. The molecule has 5 nitrogen and oxygen atoms in total. The maximum Gasteiger partial charge on any atom is 0.240 e. The van der Waals surface area contributed by atoms with Crippen LogP contribution in [0, 0.1) is 0 Å². The Morgan fingerprint density at radius 1 is 1.04 bits per heavy atom. The summed E-state index contributed by atoms with van der Waals surface area (Å²) in [4.78, 5) is 2.77. The van der Waals surface area contributed by atoms with Crippen molar-refractivity contribution >= 4 is 10.0 Å². The molecule has 0 spiro atoms. The first kappa shape index (κ1) is 20.1. The van der Waals surface area contributed by atoms with Crippen LogP contribution in [0.15, 0.2) is 47.5 Å². The Labute approximate surface area is 163 Å². The Balaban J connectivity index is 1.78. The van der Waals surface area contributed by atoms with Gasteiger partial charge in [0.25, 0.3) is 0 Å². The van der Waals surface area contributed by atoms with E-state index in [0.29, 0.717) is 11.4 Å². The van der Waals surface area contributed by atoms with Gasteiger partial charge in [-0.3, -0.25) is 4.90 Å². The van der Waals surface area contributed by atoms with E-state index in [0.717, 1.165) is 30.8 Å². The highest BCUT2D eigenvalue weighted by molar-refractivity contribution is 7.89. The average Bonchev–Trinajstić information content (AvgIpc) is 2.93. The number of hydrogen-bond acceptors (Lipinski definition) is 3. The van der Waals surface area contributed by atoms with Gasteiger partial charge in [0.1, 0.15) is 0 Å². The highest BCUT2D eigenvalue weighted by Gasteiger charge is 2.25. The molecular formula is C21H31N3O2S. The molecule has 1 aliphatic rings. The fourth-order valence-electron chi connectivity index (χ4n) is 3.82. The van der Waals surface area contributed by atoms with Gasteiger partial charge in [0.05, 0.1) is 10.9 Å². The largest absolute Gasteiger partial charge is 0.353 e. The predicted octanol–water partition coefficient (Wildman–Crippen LogP) is 3.48. The number of benzene rings is 1. The quantitative estimate of drug-likeness (QED) is 0.789. The summed E-state index contributed by atoms with van der Waals surface area (Å²) in [5, 5.41) is 0. The number of likely N-dealkylation sites (tertiary alicyclic amines) is 1. The van der Waals surface area contributed by atoms with Crippen molar-refractivity contribution in [3.8, 4) is 0 Å². The predicted molar refractivity (Wildman–Crippen MR) is 109 cm³/mol. The zero-order valence-electron chi connectivity index (χ0n) is 16.4. The van der Waals surface area contributed by atoms with Gasteiger partial charge in [-0.2, -0.15) is 0 Å². The number of hydrogen-bond donors (Lipinski definition) is 1. The minimum atomic E-state index is -3.52. The second-order valence-corrected chi connectivity index (χ2v) is 9.13. The van der Waals surface area contributed by atoms with Crippen LogP contribution < -0.4 is 4.72 Å². The molecule has 0 radical (unpaired) electrons. The lowest BCUT2D eigenvalue weighted by Crippen LogP contribution is -2.39. The molecule has 0 saturated carbocycles. The van der Waals surface area contributed by atoms with Crippen molar-refractivity contribution in [2.24, 2.45) is 7.05 Å². The fourth-order valence-corrected chi connectivity index (χ4v) is 4.86. The van der Waals surface area contributed by atoms with Crippen molar-refractivity contribution in [3.05, 3.63) is 53.9 Å². The molecule has 1 aliphatic heterocycles. The Morgan fingerprint density at radius 2 is 1.70 bits per heavy atom. The van der Waals surface area contributed by atoms with E-state index in [4.69, 9.17) is 0 Å². The Morgan fingerprint density at radius 3 is 2.26 bits per heavy atom. The van der Waals surface area contributed by atoms with E-state index < -0.39 is 10.0 Å². The van der Waals surface area contributed by atoms with E-state index >= 15 is 0 Å². The van der Waals surface area contributed by atoms with Crippen LogP contribution in [0.1, 0.15) is 49.9 Å². The van der Waals surface area contributed by atoms with Gasteiger partial charge in [0.2, 0.25) is 10.0 Å². The second kappa shape index (κ2) is 9.04. The molecule has 1 unspecified atom stereocenters. The molecule has 1 fully saturated rings. The summed E-state index contributed by atoms with van der Waals surface area (Å²) in [5.74, 6) is 0. The molecule has 1 aromatic carbocycles. The van der Waals surface area contributed by atoms with Crippen LogP contribution in [-0.2, 0) is 23.5 Å². The van der Waals surface area contributed by atoms with Gasteiger partial charge >= 0.3 is 0 Å². The van der Waals surface area contributed by atoms with Gasteiger partial charge in [-0.25, -0.2) is 13.1 Å². The van der Waals surface area contributed by atoms with Crippen molar-refractivity contribution in [3.63, 3.8) is 0 Å². The van der Waals surface area contributed by atoms with Crippen molar-refractivity contribution in [1.29, 1.82) is 0 Å². The smallest absolute Gasteiger partial charge is 0.240 e. The Hall–Kier alpha value is -1.63. The Kier molecular flexibility index (Phi) is 6.73. The first-order valence-electron chi connectivity index (χ1n) is 9.95. The lowest BCUT2D eigenvalue weighted by molar-refractivity contribution is 0.199. The number of aryl methyl sites for hydroxylation is 2. The number of aromatic nitrogens is 1. The number of nitrogens with one attached hydrogen (secondary N) is 1. The molecule has 1 aromatic heterocycles. The molecule has 0 amide bonds. The van der Waals surface area contributed by atoms with E-state index in [1.165, 1.54) is 25.7 Å². The number of sulfonamides is 1. The normalized spacial score (nSPS) is 17.6. The summed E-state index contributed by atoms with van der Waals surface area (Å²) in [6.45, 7) is 4.48. The number of nitrogens with zero attached hydrogens (tertiary/aromatic N) is 2. The third kappa shape index (κ3) is 5.00. The molecule has 148 valence electrons. The van der Waals surface area contributed by atoms with Crippen LogP contribution >= 0.6 is 0 Å². The third-order valence-corrected chi connectivity index (χ3v) is 6.95. The highest BCUT2D eigenvalue weighted by atomic mass is 32.2. The molecule has 3 rings (SSSR count). The Bertz CT molecular complexity index is 819. The molecule has 6 heteroatoms. The maximum absolute atomic E-state index is 12.8. The van der Waals surface area contributed by atoms with Gasteiger partial charge in [-0.1, -0.05) is 31.9 Å². The summed E-state index contributed by atoms with van der Waals surface area (Å²) < 4.78 is 30.6. The second-order valence-electron chi connectivity index (χ2n) is 7.36. The van der Waals surface area contributed by atoms with Crippen LogP contribution in [0.3, 0.4) is 0 Å². The van der Waals surface area contributed by atoms with Gasteiger partial charge in [-0.15, -0.1) is 0 Å². The van der Waals surface area contributed by atoms with Gasteiger partial charge in [0, 0.05) is 25.5 Å². The fraction of sp³-hybridized carbons (Fsp3) is 0.524. The van der Waals surface area contributed by atoms with Crippen LogP contribution in [0.4, 0.5) is 0 Å². The first-order chi connectivity index (χ1) is 13.0. The average molecular weight is 390 g/mol. The molecule has 1 N–H and O–H groups in total. The van der Waals surface area contributed by atoms with Gasteiger partial charge in [0.15, 0.2) is 0 Å². The van der Waals surface area contributed by atoms with Crippen LogP contribution in [0.2, 0.25) is 0 Å². The van der Waals surface area contributed by atoms with Crippen LogP contribution in [0.25, 0.3) is 0 Å². The van der Waals surface area contributed by atoms with Crippen molar-refractivity contribution in [1.82, 2.24) is 14.2 Å². The lowest BCUT2D eigenvalue weighted by atomic mass is 10.1. The summed E-state index contributed by atoms with van der Waals surface area (Å²) >= 11 is 0. The minimum absolute atomic E-state index is 0.0489. The molecule has 0 bridgehead atoms. The van der Waals surface area contributed by atoms with Crippen LogP contribution in [0.5, 0.6) is 0 Å². The molecular weight excluding hydrogens is 358 g/mol. The molecule has 27 heavy (non-hydrogen) atoms. The summed E-state index contributed by atoms with van der Waals surface area (Å²) in [6, 6.07) is 11.3. The van der Waals surface area contributed by atoms with Crippen molar-refractivity contribution in [2.45, 2.75) is 50.0 Å². The van der Waals surface area contributed by atoms with E-state index in [2.05, 4.69) is 27.2 Å². The van der Waals surface area contributed by atoms with Crippen LogP contribution in [-0.4, -0.2) is 37.5 Å². The van der Waals surface area contributed by atoms with Gasteiger partial charge in [-0.05, 0) is 62.2 Å². The van der Waals surface area contributed by atoms with Crippen molar-refractivity contribution in [2.75, 3.05) is 19.6 Å². The SMILES string of the molecule is CCc1ccc(S(=O)(=O)NCC(c2cccn2C)N2CCCCCC2)cc1. The molecule has 2 aromatic rings. The maximum atomic E-state index is 12.8. The molecule has 0 aliphatic carbocycles. The van der Waals surface area contributed by atoms with E-state index in [-0.39, 0.29) is 6.04 Å². The lowest BCUT2D eigenvalue weighted by Gasteiger charge is -2.31. The molecule has 2 heterocycles. The monoisotopic (exact) mass is 389 g/mol. The van der Waals surface area contributed by atoms with E-state index in [9.17, 15) is 8.42 Å². The summed E-state index contributed by atoms with van der Waals surface area (Å²) in [5.41, 5.74) is 2.29. The minimum Gasteiger partial charge on any atom is -0.353 e. The number of rotatable bonds is 7. The zero-order valence-corrected chi connectivity index (χ0v) is 17.2. The summed E-state index contributed by atoms with van der Waals surface area (Å²) in [6.07, 6.45) is 7.78. The third-order valence-electron chi connectivity index (χ3n) is 5.52. The topological polar surface area (TPSA) is 54.3 Å².